The van der Waals surface area contributed by atoms with Crippen LogP contribution in [-0.2, 0) is 16.6 Å². The van der Waals surface area contributed by atoms with E-state index in [4.69, 9.17) is 12.2 Å². The zero-order chi connectivity index (χ0) is 19.1. The van der Waals surface area contributed by atoms with Crippen LogP contribution in [0.1, 0.15) is 5.56 Å². The van der Waals surface area contributed by atoms with Gasteiger partial charge in [-0.25, -0.2) is 0 Å². The summed E-state index contributed by atoms with van der Waals surface area (Å²) in [5, 5.41) is 3.65. The second-order valence-corrected chi connectivity index (χ2v) is 7.45. The van der Waals surface area contributed by atoms with E-state index in [1.807, 2.05) is 54.2 Å². The maximum atomic E-state index is 13.1. The molecule has 0 aliphatic carbocycles. The molecule has 134 valence electrons. The molecule has 1 fully saturated rings. The number of hydrogen-bond acceptors (Lipinski definition) is 3. The van der Waals surface area contributed by atoms with E-state index in [2.05, 4.69) is 21.2 Å². The summed E-state index contributed by atoms with van der Waals surface area (Å²) < 4.78 is 2.85. The molecule has 1 N–H and O–H groups in total. The molecule has 0 radical (unpaired) electrons. The summed E-state index contributed by atoms with van der Waals surface area (Å²) in [5.74, 6) is -0.940. The SMILES string of the molecule is Cn1cc(/C=C2/C(=O)NC(=S)N(c3ccc(Br)cc3)C2=O)c2ccccc21. The van der Waals surface area contributed by atoms with Crippen molar-refractivity contribution in [2.45, 2.75) is 0 Å². The van der Waals surface area contributed by atoms with Crippen LogP contribution in [0.3, 0.4) is 0 Å². The second-order valence-electron chi connectivity index (χ2n) is 6.15. The standard InChI is InChI=1S/C20H14BrN3O2S/c1-23-11-12(15-4-2-3-5-17(15)23)10-16-18(25)22-20(27)24(19(16)26)14-8-6-13(21)7-9-14/h2-11H,1H3,(H,22,25,27)/b16-10-. The summed E-state index contributed by atoms with van der Waals surface area (Å²) in [4.78, 5) is 26.9. The molecule has 3 aromatic rings. The lowest BCUT2D eigenvalue weighted by Gasteiger charge is -2.28. The molecule has 2 aromatic carbocycles. The van der Waals surface area contributed by atoms with Crippen LogP contribution < -0.4 is 10.2 Å². The molecule has 0 atom stereocenters. The predicted molar refractivity (Wildman–Crippen MR) is 113 cm³/mol. The van der Waals surface area contributed by atoms with Crippen LogP contribution in [-0.4, -0.2) is 21.5 Å². The number of hydrogen-bond donors (Lipinski definition) is 1. The number of carbonyl (C=O) groups is 2. The normalized spacial score (nSPS) is 16.3. The molecule has 2 amide bonds. The van der Waals surface area contributed by atoms with Crippen molar-refractivity contribution in [3.63, 3.8) is 0 Å². The van der Waals surface area contributed by atoms with Crippen molar-refractivity contribution in [1.29, 1.82) is 0 Å². The van der Waals surface area contributed by atoms with Crippen LogP contribution in [0.4, 0.5) is 5.69 Å². The van der Waals surface area contributed by atoms with Crippen molar-refractivity contribution >= 4 is 67.7 Å². The topological polar surface area (TPSA) is 54.3 Å². The summed E-state index contributed by atoms with van der Waals surface area (Å²) in [5.41, 5.74) is 2.46. The number of para-hydroxylation sites is 1. The highest BCUT2D eigenvalue weighted by Gasteiger charge is 2.34. The zero-order valence-corrected chi connectivity index (χ0v) is 16.7. The van der Waals surface area contributed by atoms with Crippen molar-refractivity contribution in [1.82, 2.24) is 9.88 Å². The first-order valence-electron chi connectivity index (χ1n) is 8.17. The highest BCUT2D eigenvalue weighted by atomic mass is 79.9. The molecule has 4 rings (SSSR count). The van der Waals surface area contributed by atoms with Gasteiger partial charge in [-0.2, -0.15) is 0 Å². The lowest BCUT2D eigenvalue weighted by Crippen LogP contribution is -2.54. The summed E-state index contributed by atoms with van der Waals surface area (Å²) in [6, 6.07) is 15.0. The molecule has 27 heavy (non-hydrogen) atoms. The van der Waals surface area contributed by atoms with Gasteiger partial charge in [0.1, 0.15) is 5.57 Å². The van der Waals surface area contributed by atoms with Crippen molar-refractivity contribution in [3.05, 3.63) is 70.3 Å². The van der Waals surface area contributed by atoms with E-state index >= 15 is 0 Å². The van der Waals surface area contributed by atoms with E-state index in [-0.39, 0.29) is 10.7 Å². The van der Waals surface area contributed by atoms with Crippen LogP contribution in [0.15, 0.2) is 64.8 Å². The number of fused-ring (bicyclic) bond motifs is 1. The minimum absolute atomic E-state index is 0.0443. The van der Waals surface area contributed by atoms with Crippen molar-refractivity contribution in [2.24, 2.45) is 7.05 Å². The minimum atomic E-state index is -0.494. The predicted octanol–water partition coefficient (Wildman–Crippen LogP) is 3.77. The van der Waals surface area contributed by atoms with Gasteiger partial charge in [0.2, 0.25) is 0 Å². The Morgan fingerprint density at radius 1 is 1.07 bits per heavy atom. The van der Waals surface area contributed by atoms with Crippen LogP contribution in [0, 0.1) is 0 Å². The highest BCUT2D eigenvalue weighted by molar-refractivity contribution is 9.10. The first-order valence-corrected chi connectivity index (χ1v) is 9.37. The van der Waals surface area contributed by atoms with Crippen molar-refractivity contribution in [2.75, 3.05) is 4.90 Å². The van der Waals surface area contributed by atoms with E-state index in [0.29, 0.717) is 5.69 Å². The van der Waals surface area contributed by atoms with Gasteiger partial charge < -0.3 is 4.57 Å². The van der Waals surface area contributed by atoms with Crippen LogP contribution in [0.25, 0.3) is 17.0 Å². The van der Waals surface area contributed by atoms with Gasteiger partial charge in [-0.1, -0.05) is 34.1 Å². The molecule has 1 aromatic heterocycles. The Kier molecular flexibility index (Phi) is 4.41. The number of aromatic nitrogens is 1. The highest BCUT2D eigenvalue weighted by Crippen LogP contribution is 2.26. The molecule has 1 saturated heterocycles. The molecule has 0 spiro atoms. The minimum Gasteiger partial charge on any atom is -0.350 e. The molecular formula is C20H14BrN3O2S. The van der Waals surface area contributed by atoms with E-state index in [0.717, 1.165) is 20.9 Å². The van der Waals surface area contributed by atoms with Crippen LogP contribution in [0.2, 0.25) is 0 Å². The Bertz CT molecular complexity index is 1130. The molecular weight excluding hydrogens is 426 g/mol. The van der Waals surface area contributed by atoms with Gasteiger partial charge in [-0.05, 0) is 48.6 Å². The van der Waals surface area contributed by atoms with Gasteiger partial charge in [-0.3, -0.25) is 19.8 Å². The fourth-order valence-electron chi connectivity index (χ4n) is 3.13. The fourth-order valence-corrected chi connectivity index (χ4v) is 3.67. The van der Waals surface area contributed by atoms with Crippen molar-refractivity contribution in [3.8, 4) is 0 Å². The summed E-state index contributed by atoms with van der Waals surface area (Å²) >= 11 is 8.60. The lowest BCUT2D eigenvalue weighted by molar-refractivity contribution is -0.122. The van der Waals surface area contributed by atoms with Gasteiger partial charge >= 0.3 is 0 Å². The molecule has 7 heteroatoms. The van der Waals surface area contributed by atoms with Gasteiger partial charge in [-0.15, -0.1) is 0 Å². The molecule has 1 aliphatic heterocycles. The Labute approximate surface area is 169 Å². The third-order valence-corrected chi connectivity index (χ3v) is 5.23. The van der Waals surface area contributed by atoms with Gasteiger partial charge in [0.05, 0.1) is 5.69 Å². The number of carbonyl (C=O) groups excluding carboxylic acids is 2. The van der Waals surface area contributed by atoms with Gasteiger partial charge in [0.25, 0.3) is 11.8 Å². The monoisotopic (exact) mass is 439 g/mol. The number of thiocarbonyl (C=S) groups is 1. The van der Waals surface area contributed by atoms with Gasteiger partial charge in [0, 0.05) is 34.2 Å². The van der Waals surface area contributed by atoms with E-state index in [1.165, 1.54) is 4.90 Å². The first-order chi connectivity index (χ1) is 13.0. The number of halogens is 1. The average Bonchev–Trinajstić information content (AvgIpc) is 2.96. The number of nitrogens with zero attached hydrogens (tertiary/aromatic N) is 2. The Morgan fingerprint density at radius 3 is 2.52 bits per heavy atom. The number of aryl methyl sites for hydroxylation is 1. The Balaban J connectivity index is 1.80. The summed E-state index contributed by atoms with van der Waals surface area (Å²) in [6.07, 6.45) is 3.52. The van der Waals surface area contributed by atoms with E-state index in [9.17, 15) is 9.59 Å². The average molecular weight is 440 g/mol. The third kappa shape index (κ3) is 3.09. The molecule has 1 aliphatic rings. The van der Waals surface area contributed by atoms with Crippen molar-refractivity contribution < 1.29 is 9.59 Å². The first kappa shape index (κ1) is 17.6. The second kappa shape index (κ2) is 6.75. The summed E-state index contributed by atoms with van der Waals surface area (Å²) in [6.45, 7) is 0. The zero-order valence-electron chi connectivity index (χ0n) is 14.3. The molecule has 0 bridgehead atoms. The number of anilines is 1. The van der Waals surface area contributed by atoms with Gasteiger partial charge in [0.15, 0.2) is 5.11 Å². The Hall–Kier alpha value is -2.77. The number of benzene rings is 2. The maximum absolute atomic E-state index is 13.1. The quantitative estimate of drug-likeness (QED) is 0.375. The Morgan fingerprint density at radius 2 is 1.78 bits per heavy atom. The lowest BCUT2D eigenvalue weighted by atomic mass is 10.1. The molecule has 5 nitrogen and oxygen atoms in total. The smallest absolute Gasteiger partial charge is 0.270 e. The number of nitrogens with one attached hydrogen (secondary N) is 1. The third-order valence-electron chi connectivity index (χ3n) is 4.41. The number of rotatable bonds is 2. The molecule has 0 saturated carbocycles. The van der Waals surface area contributed by atoms with E-state index < -0.39 is 11.8 Å². The van der Waals surface area contributed by atoms with E-state index in [1.54, 1.807) is 18.2 Å². The van der Waals surface area contributed by atoms with Crippen LogP contribution in [0.5, 0.6) is 0 Å². The fraction of sp³-hybridized carbons (Fsp3) is 0.0500. The summed E-state index contributed by atoms with van der Waals surface area (Å²) in [7, 11) is 1.93. The molecule has 0 unspecified atom stereocenters. The number of amides is 2. The maximum Gasteiger partial charge on any atom is 0.270 e. The largest absolute Gasteiger partial charge is 0.350 e. The molecule has 2 heterocycles. The van der Waals surface area contributed by atoms with Crippen LogP contribution >= 0.6 is 28.1 Å².